The SMILES string of the molecule is CCc1cc(O)ccc1NC(=O)[C@H]1CCO[C@@H]1C. The number of nitrogens with one attached hydrogen (secondary N) is 1. The lowest BCUT2D eigenvalue weighted by atomic mass is 10.0. The molecule has 1 saturated heterocycles. The van der Waals surface area contributed by atoms with Crippen molar-refractivity contribution in [3.05, 3.63) is 23.8 Å². The first-order valence-electron chi connectivity index (χ1n) is 6.36. The minimum Gasteiger partial charge on any atom is -0.508 e. The fourth-order valence-electron chi connectivity index (χ4n) is 2.30. The van der Waals surface area contributed by atoms with Crippen LogP contribution in [0.5, 0.6) is 5.75 Å². The topological polar surface area (TPSA) is 58.6 Å². The van der Waals surface area contributed by atoms with Gasteiger partial charge in [-0.25, -0.2) is 0 Å². The van der Waals surface area contributed by atoms with Crippen molar-refractivity contribution >= 4 is 11.6 Å². The lowest BCUT2D eigenvalue weighted by Gasteiger charge is -2.16. The van der Waals surface area contributed by atoms with E-state index in [0.717, 1.165) is 24.1 Å². The van der Waals surface area contributed by atoms with Crippen LogP contribution >= 0.6 is 0 Å². The van der Waals surface area contributed by atoms with E-state index < -0.39 is 0 Å². The molecule has 18 heavy (non-hydrogen) atoms. The molecule has 4 nitrogen and oxygen atoms in total. The molecule has 0 saturated carbocycles. The van der Waals surface area contributed by atoms with Crippen molar-refractivity contribution in [2.24, 2.45) is 5.92 Å². The Bertz CT molecular complexity index is 445. The molecule has 1 fully saturated rings. The Kier molecular flexibility index (Phi) is 3.87. The summed E-state index contributed by atoms with van der Waals surface area (Å²) in [6, 6.07) is 5.01. The molecule has 2 N–H and O–H groups in total. The van der Waals surface area contributed by atoms with Crippen LogP contribution in [0.15, 0.2) is 18.2 Å². The summed E-state index contributed by atoms with van der Waals surface area (Å²) in [6.45, 7) is 4.57. The zero-order valence-electron chi connectivity index (χ0n) is 10.8. The molecule has 1 aliphatic rings. The smallest absolute Gasteiger partial charge is 0.230 e. The molecule has 2 rings (SSSR count). The molecule has 4 heteroatoms. The van der Waals surface area contributed by atoms with Crippen LogP contribution in [-0.4, -0.2) is 23.7 Å². The van der Waals surface area contributed by atoms with E-state index in [2.05, 4.69) is 5.32 Å². The van der Waals surface area contributed by atoms with Crippen molar-refractivity contribution in [3.8, 4) is 5.75 Å². The Morgan fingerprint density at radius 3 is 2.94 bits per heavy atom. The van der Waals surface area contributed by atoms with Crippen molar-refractivity contribution in [1.82, 2.24) is 0 Å². The standard InChI is InChI=1S/C14H19NO3/c1-3-10-8-11(16)4-5-13(10)15-14(17)12-6-7-18-9(12)2/h4-5,8-9,12,16H,3,6-7H2,1-2H3,(H,15,17)/t9-,12+/m1/s1. The van der Waals surface area contributed by atoms with Gasteiger partial charge in [0.25, 0.3) is 0 Å². The first-order chi connectivity index (χ1) is 8.61. The predicted molar refractivity (Wildman–Crippen MR) is 69.6 cm³/mol. The van der Waals surface area contributed by atoms with Gasteiger partial charge in [0.2, 0.25) is 5.91 Å². The Hall–Kier alpha value is -1.55. The number of aryl methyl sites for hydroxylation is 1. The highest BCUT2D eigenvalue weighted by molar-refractivity contribution is 5.93. The number of aromatic hydroxyl groups is 1. The van der Waals surface area contributed by atoms with Crippen LogP contribution in [-0.2, 0) is 16.0 Å². The van der Waals surface area contributed by atoms with E-state index >= 15 is 0 Å². The Morgan fingerprint density at radius 2 is 2.33 bits per heavy atom. The van der Waals surface area contributed by atoms with Gasteiger partial charge in [-0.3, -0.25) is 4.79 Å². The second-order valence-electron chi connectivity index (χ2n) is 4.66. The number of phenolic OH excluding ortho intramolecular Hbond substituents is 1. The first-order valence-corrected chi connectivity index (χ1v) is 6.36. The maximum atomic E-state index is 12.1. The molecule has 0 unspecified atom stereocenters. The van der Waals surface area contributed by atoms with Gasteiger partial charge < -0.3 is 15.2 Å². The summed E-state index contributed by atoms with van der Waals surface area (Å²) in [5, 5.41) is 12.4. The van der Waals surface area contributed by atoms with Crippen LogP contribution in [0.25, 0.3) is 0 Å². The zero-order valence-corrected chi connectivity index (χ0v) is 10.8. The van der Waals surface area contributed by atoms with Gasteiger partial charge in [0, 0.05) is 12.3 Å². The van der Waals surface area contributed by atoms with Crippen molar-refractivity contribution in [2.45, 2.75) is 32.8 Å². The molecule has 98 valence electrons. The van der Waals surface area contributed by atoms with E-state index in [-0.39, 0.29) is 23.7 Å². The van der Waals surface area contributed by atoms with Gasteiger partial charge in [0.15, 0.2) is 0 Å². The van der Waals surface area contributed by atoms with Crippen LogP contribution in [0.4, 0.5) is 5.69 Å². The van der Waals surface area contributed by atoms with Crippen LogP contribution in [0, 0.1) is 5.92 Å². The number of amides is 1. The first kappa shape index (κ1) is 12.9. The van der Waals surface area contributed by atoms with E-state index in [9.17, 15) is 9.90 Å². The van der Waals surface area contributed by atoms with Crippen LogP contribution in [0.2, 0.25) is 0 Å². The summed E-state index contributed by atoms with van der Waals surface area (Å²) < 4.78 is 5.40. The number of carbonyl (C=O) groups excluding carboxylic acids is 1. The van der Waals surface area contributed by atoms with Crippen molar-refractivity contribution in [1.29, 1.82) is 0 Å². The van der Waals surface area contributed by atoms with E-state index in [1.165, 1.54) is 0 Å². The average molecular weight is 249 g/mol. The van der Waals surface area contributed by atoms with Gasteiger partial charge in [0.1, 0.15) is 5.75 Å². The maximum Gasteiger partial charge on any atom is 0.230 e. The molecule has 2 atom stereocenters. The number of phenols is 1. The zero-order chi connectivity index (χ0) is 13.1. The summed E-state index contributed by atoms with van der Waals surface area (Å²) in [7, 11) is 0. The number of hydrogen-bond donors (Lipinski definition) is 2. The normalized spacial score (nSPS) is 23.0. The third-order valence-electron chi connectivity index (χ3n) is 3.44. The maximum absolute atomic E-state index is 12.1. The molecule has 0 bridgehead atoms. The monoisotopic (exact) mass is 249 g/mol. The number of ether oxygens (including phenoxy) is 1. The average Bonchev–Trinajstić information content (AvgIpc) is 2.77. The van der Waals surface area contributed by atoms with Crippen LogP contribution in [0.3, 0.4) is 0 Å². The van der Waals surface area contributed by atoms with Gasteiger partial charge in [-0.1, -0.05) is 6.92 Å². The minimum absolute atomic E-state index is 0.000361. The quantitative estimate of drug-likeness (QED) is 0.808. The van der Waals surface area contributed by atoms with Gasteiger partial charge in [-0.15, -0.1) is 0 Å². The predicted octanol–water partition coefficient (Wildman–Crippen LogP) is 2.32. The molecule has 0 spiro atoms. The number of benzene rings is 1. The Balaban J connectivity index is 2.11. The summed E-state index contributed by atoms with van der Waals surface area (Å²) in [5.74, 6) is 0.145. The molecule has 1 amide bonds. The molecule has 1 aromatic rings. The Labute approximate surface area is 107 Å². The molecule has 0 aromatic heterocycles. The largest absolute Gasteiger partial charge is 0.508 e. The highest BCUT2D eigenvalue weighted by Crippen LogP contribution is 2.25. The number of carbonyl (C=O) groups is 1. The summed E-state index contributed by atoms with van der Waals surface area (Å²) in [6.07, 6.45) is 1.51. The van der Waals surface area contributed by atoms with Gasteiger partial charge >= 0.3 is 0 Å². The fourth-order valence-corrected chi connectivity index (χ4v) is 2.30. The molecule has 0 aliphatic carbocycles. The highest BCUT2D eigenvalue weighted by Gasteiger charge is 2.30. The molecule has 1 heterocycles. The van der Waals surface area contributed by atoms with Crippen molar-refractivity contribution in [2.75, 3.05) is 11.9 Å². The lowest BCUT2D eigenvalue weighted by molar-refractivity contribution is -0.121. The molecular formula is C14H19NO3. The summed E-state index contributed by atoms with van der Waals surface area (Å²) in [5.41, 5.74) is 1.72. The number of hydrogen-bond acceptors (Lipinski definition) is 3. The van der Waals surface area contributed by atoms with Crippen molar-refractivity contribution < 1.29 is 14.6 Å². The second-order valence-corrected chi connectivity index (χ2v) is 4.66. The second kappa shape index (κ2) is 5.40. The molecular weight excluding hydrogens is 230 g/mol. The van der Waals surface area contributed by atoms with E-state index in [1.54, 1.807) is 18.2 Å². The molecule has 0 radical (unpaired) electrons. The van der Waals surface area contributed by atoms with Gasteiger partial charge in [-0.05, 0) is 43.5 Å². The lowest BCUT2D eigenvalue weighted by Crippen LogP contribution is -2.28. The summed E-state index contributed by atoms with van der Waals surface area (Å²) in [4.78, 5) is 12.1. The van der Waals surface area contributed by atoms with Crippen LogP contribution < -0.4 is 5.32 Å². The summed E-state index contributed by atoms with van der Waals surface area (Å²) >= 11 is 0. The van der Waals surface area contributed by atoms with Gasteiger partial charge in [-0.2, -0.15) is 0 Å². The van der Waals surface area contributed by atoms with E-state index in [1.807, 2.05) is 13.8 Å². The van der Waals surface area contributed by atoms with E-state index in [4.69, 9.17) is 4.74 Å². The number of rotatable bonds is 3. The molecule has 1 aliphatic heterocycles. The minimum atomic E-state index is -0.0801. The fraction of sp³-hybridized carbons (Fsp3) is 0.500. The van der Waals surface area contributed by atoms with Gasteiger partial charge in [0.05, 0.1) is 12.0 Å². The molecule has 1 aromatic carbocycles. The highest BCUT2D eigenvalue weighted by atomic mass is 16.5. The third-order valence-corrected chi connectivity index (χ3v) is 3.44. The Morgan fingerprint density at radius 1 is 1.56 bits per heavy atom. The van der Waals surface area contributed by atoms with Crippen molar-refractivity contribution in [3.63, 3.8) is 0 Å². The third kappa shape index (κ3) is 2.64. The van der Waals surface area contributed by atoms with E-state index in [0.29, 0.717) is 6.61 Å². The number of anilines is 1. The van der Waals surface area contributed by atoms with Crippen LogP contribution in [0.1, 0.15) is 25.8 Å².